The summed E-state index contributed by atoms with van der Waals surface area (Å²) in [7, 11) is 0. The van der Waals surface area contributed by atoms with Gasteiger partial charge in [0.05, 0.1) is 5.56 Å². The summed E-state index contributed by atoms with van der Waals surface area (Å²) in [5.74, 6) is 3.75. The number of nitrogens with one attached hydrogen (secondary N) is 2. The standard InChI is InChI=1S/C19H19N3O3S/c1-3-9-25-13-7-5-12(6-8-13)14-11-15(23)20-17-16(14)18(24)22-19(21-17)26-10-4-2/h1,5-8,14H,4,9-11H2,2H3,(H2,20,21,22,23,24)/t14-/m0/s1. The molecule has 2 heterocycles. The molecule has 0 radical (unpaired) electrons. The van der Waals surface area contributed by atoms with Crippen molar-refractivity contribution in [2.45, 2.75) is 30.8 Å². The number of amides is 1. The maximum Gasteiger partial charge on any atom is 0.257 e. The molecule has 0 saturated heterocycles. The van der Waals surface area contributed by atoms with E-state index < -0.39 is 0 Å². The molecule has 0 spiro atoms. The number of benzene rings is 1. The van der Waals surface area contributed by atoms with Crippen molar-refractivity contribution < 1.29 is 9.53 Å². The highest BCUT2D eigenvalue weighted by molar-refractivity contribution is 7.99. The van der Waals surface area contributed by atoms with Crippen LogP contribution in [0.2, 0.25) is 0 Å². The topological polar surface area (TPSA) is 84.1 Å². The van der Waals surface area contributed by atoms with Gasteiger partial charge in [-0.3, -0.25) is 9.59 Å². The number of terminal acetylenes is 1. The number of aromatic nitrogens is 2. The van der Waals surface area contributed by atoms with Crippen molar-refractivity contribution in [3.63, 3.8) is 0 Å². The number of thioether (sulfide) groups is 1. The maximum absolute atomic E-state index is 12.6. The number of ether oxygens (including phenoxy) is 1. The molecule has 0 fully saturated rings. The Morgan fingerprint density at radius 2 is 2.12 bits per heavy atom. The average Bonchev–Trinajstić information content (AvgIpc) is 2.64. The summed E-state index contributed by atoms with van der Waals surface area (Å²) >= 11 is 1.46. The van der Waals surface area contributed by atoms with Gasteiger partial charge in [0.15, 0.2) is 5.16 Å². The number of fused-ring (bicyclic) bond motifs is 1. The maximum atomic E-state index is 12.6. The van der Waals surface area contributed by atoms with Gasteiger partial charge in [0.25, 0.3) is 5.56 Å². The van der Waals surface area contributed by atoms with Gasteiger partial charge in [-0.2, -0.15) is 0 Å². The molecule has 0 unspecified atom stereocenters. The zero-order chi connectivity index (χ0) is 18.5. The van der Waals surface area contributed by atoms with E-state index in [1.54, 1.807) is 12.1 Å². The molecule has 26 heavy (non-hydrogen) atoms. The van der Waals surface area contributed by atoms with Gasteiger partial charge < -0.3 is 15.0 Å². The van der Waals surface area contributed by atoms with Crippen molar-refractivity contribution in [3.8, 4) is 18.1 Å². The quantitative estimate of drug-likeness (QED) is 0.465. The summed E-state index contributed by atoms with van der Waals surface area (Å²) in [6, 6.07) is 7.26. The molecule has 7 heteroatoms. The number of carbonyl (C=O) groups is 1. The van der Waals surface area contributed by atoms with Gasteiger partial charge in [-0.15, -0.1) is 6.42 Å². The van der Waals surface area contributed by atoms with E-state index in [4.69, 9.17) is 11.2 Å². The van der Waals surface area contributed by atoms with E-state index in [-0.39, 0.29) is 30.4 Å². The molecule has 0 bridgehead atoms. The van der Waals surface area contributed by atoms with Crippen LogP contribution in [-0.4, -0.2) is 28.2 Å². The molecule has 134 valence electrons. The fraction of sp³-hybridized carbons (Fsp3) is 0.316. The minimum Gasteiger partial charge on any atom is -0.481 e. The molecule has 0 saturated carbocycles. The zero-order valence-corrected chi connectivity index (χ0v) is 15.2. The number of hydrogen-bond acceptors (Lipinski definition) is 5. The van der Waals surface area contributed by atoms with E-state index in [0.29, 0.717) is 22.3 Å². The molecular formula is C19H19N3O3S. The Morgan fingerprint density at radius 3 is 2.81 bits per heavy atom. The van der Waals surface area contributed by atoms with E-state index in [2.05, 4.69) is 28.1 Å². The van der Waals surface area contributed by atoms with Crippen molar-refractivity contribution in [2.24, 2.45) is 0 Å². The molecular weight excluding hydrogens is 350 g/mol. The summed E-state index contributed by atoms with van der Waals surface area (Å²) in [6.07, 6.45) is 6.35. The fourth-order valence-electron chi connectivity index (χ4n) is 2.82. The largest absolute Gasteiger partial charge is 0.481 e. The first-order valence-electron chi connectivity index (χ1n) is 8.35. The molecule has 1 aliphatic heterocycles. The van der Waals surface area contributed by atoms with Gasteiger partial charge in [0, 0.05) is 18.1 Å². The van der Waals surface area contributed by atoms with Crippen LogP contribution in [0, 0.1) is 12.3 Å². The van der Waals surface area contributed by atoms with Crippen LogP contribution in [0.1, 0.15) is 36.8 Å². The van der Waals surface area contributed by atoms with Crippen LogP contribution < -0.4 is 15.6 Å². The molecule has 1 aliphatic rings. The highest BCUT2D eigenvalue weighted by atomic mass is 32.2. The first-order valence-corrected chi connectivity index (χ1v) is 9.34. The molecule has 1 atom stereocenters. The van der Waals surface area contributed by atoms with Gasteiger partial charge in [0.1, 0.15) is 18.2 Å². The van der Waals surface area contributed by atoms with Gasteiger partial charge >= 0.3 is 0 Å². The molecule has 6 nitrogen and oxygen atoms in total. The third kappa shape index (κ3) is 3.92. The lowest BCUT2D eigenvalue weighted by atomic mass is 9.87. The molecule has 3 rings (SSSR count). The van der Waals surface area contributed by atoms with Crippen LogP contribution in [0.4, 0.5) is 5.82 Å². The van der Waals surface area contributed by atoms with E-state index in [1.165, 1.54) is 11.8 Å². The summed E-state index contributed by atoms with van der Waals surface area (Å²) in [4.78, 5) is 32.0. The van der Waals surface area contributed by atoms with Gasteiger partial charge in [-0.25, -0.2) is 4.98 Å². The summed E-state index contributed by atoms with van der Waals surface area (Å²) in [6.45, 7) is 2.24. The number of H-pyrrole nitrogens is 1. The summed E-state index contributed by atoms with van der Waals surface area (Å²) < 4.78 is 5.37. The van der Waals surface area contributed by atoms with Crippen LogP contribution >= 0.6 is 11.8 Å². The Labute approximate surface area is 155 Å². The molecule has 2 aromatic rings. The number of aromatic amines is 1. The zero-order valence-electron chi connectivity index (χ0n) is 14.4. The lowest BCUT2D eigenvalue weighted by Gasteiger charge is -2.24. The van der Waals surface area contributed by atoms with Gasteiger partial charge in [-0.05, 0) is 24.1 Å². The Morgan fingerprint density at radius 1 is 1.35 bits per heavy atom. The van der Waals surface area contributed by atoms with Crippen molar-refractivity contribution in [3.05, 3.63) is 45.7 Å². The van der Waals surface area contributed by atoms with Crippen LogP contribution in [-0.2, 0) is 4.79 Å². The van der Waals surface area contributed by atoms with Crippen LogP contribution in [0.15, 0.2) is 34.2 Å². The Hall–Kier alpha value is -2.72. The number of hydrogen-bond donors (Lipinski definition) is 2. The van der Waals surface area contributed by atoms with Crippen molar-refractivity contribution in [1.29, 1.82) is 0 Å². The predicted octanol–water partition coefficient (Wildman–Crippen LogP) is 2.76. The fourth-order valence-corrected chi connectivity index (χ4v) is 3.54. The molecule has 1 aromatic heterocycles. The van der Waals surface area contributed by atoms with Gasteiger partial charge in [-0.1, -0.05) is 36.7 Å². The van der Waals surface area contributed by atoms with Crippen molar-refractivity contribution in [1.82, 2.24) is 9.97 Å². The van der Waals surface area contributed by atoms with Crippen molar-refractivity contribution >= 4 is 23.5 Å². The molecule has 1 amide bonds. The Balaban J connectivity index is 1.94. The van der Waals surface area contributed by atoms with Crippen LogP contribution in [0.25, 0.3) is 0 Å². The third-order valence-electron chi connectivity index (χ3n) is 3.98. The normalized spacial score (nSPS) is 15.7. The third-order valence-corrected chi connectivity index (χ3v) is 5.06. The Kier molecular flexibility index (Phi) is 5.64. The number of nitrogens with zero attached hydrogens (tertiary/aromatic N) is 1. The first kappa shape index (κ1) is 18.1. The SMILES string of the molecule is C#CCOc1ccc([C@@H]2CC(=O)Nc3nc(SCCC)[nH]c(=O)c32)cc1. The molecule has 0 aliphatic carbocycles. The van der Waals surface area contributed by atoms with E-state index in [0.717, 1.165) is 17.7 Å². The van der Waals surface area contributed by atoms with Crippen LogP contribution in [0.3, 0.4) is 0 Å². The number of anilines is 1. The van der Waals surface area contributed by atoms with Crippen molar-refractivity contribution in [2.75, 3.05) is 17.7 Å². The lowest BCUT2D eigenvalue weighted by Crippen LogP contribution is -2.31. The Bertz CT molecular complexity index is 900. The van der Waals surface area contributed by atoms with Gasteiger partial charge in [0.2, 0.25) is 5.91 Å². The van der Waals surface area contributed by atoms with E-state index in [1.807, 2.05) is 12.1 Å². The second-order valence-electron chi connectivity index (χ2n) is 5.85. The second-order valence-corrected chi connectivity index (χ2v) is 6.93. The smallest absolute Gasteiger partial charge is 0.257 e. The van der Waals surface area contributed by atoms with E-state index >= 15 is 0 Å². The minimum atomic E-state index is -0.345. The molecule has 1 aromatic carbocycles. The monoisotopic (exact) mass is 369 g/mol. The highest BCUT2D eigenvalue weighted by Crippen LogP contribution is 2.35. The minimum absolute atomic E-state index is 0.153. The predicted molar refractivity (Wildman–Crippen MR) is 102 cm³/mol. The van der Waals surface area contributed by atoms with E-state index in [9.17, 15) is 9.59 Å². The highest BCUT2D eigenvalue weighted by Gasteiger charge is 2.30. The average molecular weight is 369 g/mol. The molecule has 2 N–H and O–H groups in total. The lowest BCUT2D eigenvalue weighted by molar-refractivity contribution is -0.116. The number of rotatable bonds is 6. The second kappa shape index (κ2) is 8.11. The summed E-state index contributed by atoms with van der Waals surface area (Å²) in [5, 5.41) is 3.25. The first-order chi connectivity index (χ1) is 12.6. The van der Waals surface area contributed by atoms with Crippen LogP contribution in [0.5, 0.6) is 5.75 Å². The number of carbonyl (C=O) groups excluding carboxylic acids is 1. The summed E-state index contributed by atoms with van der Waals surface area (Å²) in [5.41, 5.74) is 1.13.